The fourth-order valence-corrected chi connectivity index (χ4v) is 1.67. The zero-order valence-electron chi connectivity index (χ0n) is 10.9. The molecule has 0 aliphatic heterocycles. The molecule has 0 saturated heterocycles. The van der Waals surface area contributed by atoms with E-state index in [1.807, 2.05) is 31.2 Å². The van der Waals surface area contributed by atoms with Crippen molar-refractivity contribution in [3.8, 4) is 11.8 Å². The van der Waals surface area contributed by atoms with Crippen LogP contribution in [0.25, 0.3) is 10.4 Å². The van der Waals surface area contributed by atoms with Gasteiger partial charge in [0.2, 0.25) is 0 Å². The molecular formula is C13H17N5O. The Morgan fingerprint density at radius 3 is 3.00 bits per heavy atom. The quantitative estimate of drug-likeness (QED) is 0.336. The van der Waals surface area contributed by atoms with Crippen molar-refractivity contribution in [1.29, 1.82) is 5.26 Å². The maximum atomic E-state index is 9.22. The number of hydrogen-bond donors (Lipinski definition) is 1. The summed E-state index contributed by atoms with van der Waals surface area (Å²) in [7, 11) is 0. The van der Waals surface area contributed by atoms with Crippen LogP contribution in [0.4, 0.5) is 0 Å². The first-order chi connectivity index (χ1) is 9.33. The zero-order valence-corrected chi connectivity index (χ0v) is 10.9. The summed E-state index contributed by atoms with van der Waals surface area (Å²) < 4.78 is 5.51. The van der Waals surface area contributed by atoms with E-state index in [9.17, 15) is 5.26 Å². The number of nitrogens with zero attached hydrogens (tertiary/aromatic N) is 4. The lowest BCUT2D eigenvalue weighted by atomic mass is 10.1. The molecule has 0 aliphatic rings. The second-order valence-corrected chi connectivity index (χ2v) is 3.80. The second-order valence-electron chi connectivity index (χ2n) is 3.80. The molecule has 0 radical (unpaired) electrons. The third-order valence-corrected chi connectivity index (χ3v) is 2.51. The number of rotatable bonds is 8. The van der Waals surface area contributed by atoms with Crippen LogP contribution >= 0.6 is 0 Å². The first-order valence-electron chi connectivity index (χ1n) is 6.19. The van der Waals surface area contributed by atoms with Crippen molar-refractivity contribution >= 4 is 0 Å². The standard InChI is InChI=1S/C13H17N5O/c1-2-19-13-7-4-3-6-11(13)12(10-14)16-8-5-9-17-18-15/h3-4,6-7,12,16H,2,5,8-9H2,1H3. The van der Waals surface area contributed by atoms with Crippen LogP contribution in [0.2, 0.25) is 0 Å². The number of hydrogen-bond acceptors (Lipinski definition) is 4. The molecule has 6 heteroatoms. The molecule has 0 aliphatic carbocycles. The summed E-state index contributed by atoms with van der Waals surface area (Å²) in [5.74, 6) is 0.721. The highest BCUT2D eigenvalue weighted by Gasteiger charge is 2.14. The van der Waals surface area contributed by atoms with Gasteiger partial charge in [-0.1, -0.05) is 23.3 Å². The molecule has 0 bridgehead atoms. The summed E-state index contributed by atoms with van der Waals surface area (Å²) in [6, 6.07) is 9.28. The molecule has 6 nitrogen and oxygen atoms in total. The van der Waals surface area contributed by atoms with Gasteiger partial charge in [0.05, 0.1) is 12.7 Å². The van der Waals surface area contributed by atoms with Crippen LogP contribution in [-0.2, 0) is 0 Å². The van der Waals surface area contributed by atoms with Crippen LogP contribution in [0.15, 0.2) is 29.4 Å². The van der Waals surface area contributed by atoms with Gasteiger partial charge in [0.15, 0.2) is 0 Å². The van der Waals surface area contributed by atoms with E-state index in [1.165, 1.54) is 0 Å². The van der Waals surface area contributed by atoms with Crippen LogP contribution in [0, 0.1) is 11.3 Å². The van der Waals surface area contributed by atoms with Gasteiger partial charge in [-0.25, -0.2) is 0 Å². The average molecular weight is 259 g/mol. The Labute approximate surface area is 112 Å². The van der Waals surface area contributed by atoms with Crippen LogP contribution in [0.5, 0.6) is 5.75 Å². The molecule has 19 heavy (non-hydrogen) atoms. The lowest BCUT2D eigenvalue weighted by Gasteiger charge is -2.15. The third kappa shape index (κ3) is 4.88. The summed E-state index contributed by atoms with van der Waals surface area (Å²) in [5.41, 5.74) is 8.99. The minimum Gasteiger partial charge on any atom is -0.493 e. The molecular weight excluding hydrogens is 242 g/mol. The number of azide groups is 1. The molecule has 0 aromatic heterocycles. The predicted octanol–water partition coefficient (Wildman–Crippen LogP) is 2.94. The maximum absolute atomic E-state index is 9.22. The summed E-state index contributed by atoms with van der Waals surface area (Å²) >= 11 is 0. The molecule has 1 N–H and O–H groups in total. The zero-order chi connectivity index (χ0) is 13.9. The van der Waals surface area contributed by atoms with Gasteiger partial charge in [0.25, 0.3) is 0 Å². The van der Waals surface area contributed by atoms with Crippen molar-refractivity contribution in [2.24, 2.45) is 5.11 Å². The number of nitriles is 1. The highest BCUT2D eigenvalue weighted by Crippen LogP contribution is 2.24. The third-order valence-electron chi connectivity index (χ3n) is 2.51. The topological polar surface area (TPSA) is 93.8 Å². The molecule has 0 amide bonds. The van der Waals surface area contributed by atoms with Gasteiger partial charge in [0.1, 0.15) is 11.8 Å². The minimum absolute atomic E-state index is 0.422. The number of nitrogens with one attached hydrogen (secondary N) is 1. The van der Waals surface area contributed by atoms with Crippen molar-refractivity contribution in [3.63, 3.8) is 0 Å². The van der Waals surface area contributed by atoms with E-state index in [0.717, 1.165) is 11.3 Å². The Balaban J connectivity index is 2.64. The molecule has 100 valence electrons. The molecule has 1 unspecified atom stereocenters. The molecule has 0 fully saturated rings. The van der Waals surface area contributed by atoms with Crippen molar-refractivity contribution in [2.45, 2.75) is 19.4 Å². The Morgan fingerprint density at radius 1 is 1.53 bits per heavy atom. The first kappa shape index (κ1) is 14.8. The normalized spacial score (nSPS) is 11.2. The first-order valence-corrected chi connectivity index (χ1v) is 6.19. The van der Waals surface area contributed by atoms with Crippen LogP contribution < -0.4 is 10.1 Å². The molecule has 1 aromatic carbocycles. The number of benzene rings is 1. The fraction of sp³-hybridized carbons (Fsp3) is 0.462. The van der Waals surface area contributed by atoms with Gasteiger partial charge in [-0.3, -0.25) is 5.32 Å². The van der Waals surface area contributed by atoms with E-state index < -0.39 is 6.04 Å². The number of ether oxygens (including phenoxy) is 1. The summed E-state index contributed by atoms with van der Waals surface area (Å²) in [6.07, 6.45) is 0.693. The second kappa shape index (κ2) is 8.81. The minimum atomic E-state index is -0.422. The van der Waals surface area contributed by atoms with Gasteiger partial charge >= 0.3 is 0 Å². The maximum Gasteiger partial charge on any atom is 0.125 e. The van der Waals surface area contributed by atoms with Gasteiger partial charge in [-0.2, -0.15) is 5.26 Å². The van der Waals surface area contributed by atoms with Crippen molar-refractivity contribution in [1.82, 2.24) is 5.32 Å². The largest absolute Gasteiger partial charge is 0.493 e. The Bertz CT molecular complexity index is 476. The Morgan fingerprint density at radius 2 is 2.32 bits per heavy atom. The lowest BCUT2D eigenvalue weighted by Crippen LogP contribution is -2.22. The highest BCUT2D eigenvalue weighted by molar-refractivity contribution is 5.38. The van der Waals surface area contributed by atoms with Gasteiger partial charge in [-0.15, -0.1) is 0 Å². The van der Waals surface area contributed by atoms with Gasteiger partial charge < -0.3 is 4.74 Å². The van der Waals surface area contributed by atoms with E-state index in [-0.39, 0.29) is 0 Å². The Kier molecular flexibility index (Phi) is 6.88. The molecule has 1 rings (SSSR count). The van der Waals surface area contributed by atoms with Crippen molar-refractivity contribution in [3.05, 3.63) is 40.3 Å². The van der Waals surface area contributed by atoms with Crippen molar-refractivity contribution in [2.75, 3.05) is 19.7 Å². The predicted molar refractivity (Wildman–Crippen MR) is 72.6 cm³/mol. The van der Waals surface area contributed by atoms with E-state index in [0.29, 0.717) is 26.1 Å². The van der Waals surface area contributed by atoms with E-state index in [2.05, 4.69) is 21.4 Å². The molecule has 0 spiro atoms. The van der Waals surface area contributed by atoms with Gasteiger partial charge in [0, 0.05) is 17.0 Å². The molecule has 1 atom stereocenters. The Hall–Kier alpha value is -2.22. The van der Waals surface area contributed by atoms with Crippen LogP contribution in [-0.4, -0.2) is 19.7 Å². The van der Waals surface area contributed by atoms with E-state index in [1.54, 1.807) is 0 Å². The van der Waals surface area contributed by atoms with Gasteiger partial charge in [-0.05, 0) is 31.5 Å². The van der Waals surface area contributed by atoms with E-state index in [4.69, 9.17) is 10.3 Å². The lowest BCUT2D eigenvalue weighted by molar-refractivity contribution is 0.334. The summed E-state index contributed by atoms with van der Waals surface area (Å²) in [4.78, 5) is 2.68. The number of para-hydroxylation sites is 1. The molecule has 1 aromatic rings. The fourth-order valence-electron chi connectivity index (χ4n) is 1.67. The summed E-state index contributed by atoms with van der Waals surface area (Å²) in [6.45, 7) is 3.50. The molecule has 0 saturated carbocycles. The van der Waals surface area contributed by atoms with Crippen LogP contribution in [0.3, 0.4) is 0 Å². The highest BCUT2D eigenvalue weighted by atomic mass is 16.5. The van der Waals surface area contributed by atoms with Crippen molar-refractivity contribution < 1.29 is 4.74 Å². The van der Waals surface area contributed by atoms with E-state index >= 15 is 0 Å². The SMILES string of the molecule is CCOc1ccccc1C(C#N)NCCCN=[N+]=[N-]. The monoisotopic (exact) mass is 259 g/mol. The molecule has 0 heterocycles. The van der Waals surface area contributed by atoms with Crippen LogP contribution in [0.1, 0.15) is 24.9 Å². The average Bonchev–Trinajstić information content (AvgIpc) is 2.44. The summed E-state index contributed by atoms with van der Waals surface area (Å²) in [5, 5.41) is 15.8. The smallest absolute Gasteiger partial charge is 0.125 e.